The van der Waals surface area contributed by atoms with Crippen LogP contribution in [0.25, 0.3) is 0 Å². The van der Waals surface area contributed by atoms with E-state index in [1.54, 1.807) is 12.1 Å². The molecule has 1 fully saturated rings. The van der Waals surface area contributed by atoms with Gasteiger partial charge in [0.15, 0.2) is 0 Å². The van der Waals surface area contributed by atoms with Crippen molar-refractivity contribution in [3.63, 3.8) is 0 Å². The normalized spacial score (nSPS) is 15.3. The number of nitrogens with zero attached hydrogens (tertiary/aromatic N) is 1. The molecule has 2 amide bonds. The summed E-state index contributed by atoms with van der Waals surface area (Å²) in [5.74, 6) is -2.29. The molecule has 1 unspecified atom stereocenters. The maximum absolute atomic E-state index is 12.1. The van der Waals surface area contributed by atoms with E-state index in [-0.39, 0.29) is 24.7 Å². The quantitative estimate of drug-likeness (QED) is 0.216. The Hall–Kier alpha value is -2.94. The molecule has 0 radical (unpaired) electrons. The minimum absolute atomic E-state index is 0.144. The number of hydrogen-bond donors (Lipinski definition) is 3. The molecule has 1 aliphatic heterocycles. The number of unbranched alkanes of at least 4 members (excludes halogenated alkanes) is 4. The van der Waals surface area contributed by atoms with Gasteiger partial charge in [0.1, 0.15) is 5.92 Å². The Morgan fingerprint density at radius 1 is 1.03 bits per heavy atom. The van der Waals surface area contributed by atoms with Crippen LogP contribution >= 0.6 is 0 Å². The molecule has 1 aliphatic rings. The zero-order chi connectivity index (χ0) is 22.4. The predicted octanol–water partition coefficient (Wildman–Crippen LogP) is 3.30. The first-order chi connectivity index (χ1) is 14.4. The Balaban J connectivity index is 0.000000314. The molecular formula is C21H30N2O7. The SMILES string of the molecule is CCCCC1C(=O)NN(c2ccccc2)C1=O.O=C(O)CCCCCCC(=O)OO. The number of carboxylic acid groups (broad SMARTS) is 1. The maximum Gasteiger partial charge on any atom is 0.342 e. The van der Waals surface area contributed by atoms with E-state index in [0.29, 0.717) is 24.9 Å². The molecule has 0 aromatic heterocycles. The predicted molar refractivity (Wildman–Crippen MR) is 109 cm³/mol. The van der Waals surface area contributed by atoms with Crippen LogP contribution in [0.3, 0.4) is 0 Å². The Morgan fingerprint density at radius 3 is 2.23 bits per heavy atom. The Labute approximate surface area is 175 Å². The largest absolute Gasteiger partial charge is 0.481 e. The van der Waals surface area contributed by atoms with Crippen LogP contribution in [-0.4, -0.2) is 34.1 Å². The third kappa shape index (κ3) is 9.04. The second-order valence-electron chi connectivity index (χ2n) is 6.95. The van der Waals surface area contributed by atoms with Crippen LogP contribution in [0.1, 0.15) is 64.7 Å². The van der Waals surface area contributed by atoms with E-state index in [1.165, 1.54) is 5.01 Å². The van der Waals surface area contributed by atoms with Crippen molar-refractivity contribution in [3.8, 4) is 0 Å². The molecule has 1 aromatic carbocycles. The van der Waals surface area contributed by atoms with Gasteiger partial charge in [-0.3, -0.25) is 19.8 Å². The Morgan fingerprint density at radius 2 is 1.67 bits per heavy atom. The number of aliphatic carboxylic acids is 1. The van der Waals surface area contributed by atoms with Crippen molar-refractivity contribution < 1.29 is 34.4 Å². The lowest BCUT2D eigenvalue weighted by atomic mass is 10.0. The summed E-state index contributed by atoms with van der Waals surface area (Å²) in [6, 6.07) is 9.17. The maximum atomic E-state index is 12.1. The molecule has 0 bridgehead atoms. The molecule has 1 atom stereocenters. The summed E-state index contributed by atoms with van der Waals surface area (Å²) in [5.41, 5.74) is 3.34. The molecule has 9 heteroatoms. The van der Waals surface area contributed by atoms with E-state index in [2.05, 4.69) is 10.3 Å². The molecule has 1 aromatic rings. The number of para-hydroxylation sites is 1. The third-order valence-corrected chi connectivity index (χ3v) is 4.54. The number of rotatable bonds is 11. The van der Waals surface area contributed by atoms with Gasteiger partial charge in [-0.15, -0.1) is 0 Å². The number of hydrazine groups is 1. The van der Waals surface area contributed by atoms with Crippen molar-refractivity contribution in [1.29, 1.82) is 0 Å². The number of hydrogen-bond acceptors (Lipinski definition) is 6. The molecule has 0 saturated carbocycles. The summed E-state index contributed by atoms with van der Waals surface area (Å²) < 4.78 is 0. The van der Waals surface area contributed by atoms with Gasteiger partial charge in [0, 0.05) is 12.8 Å². The third-order valence-electron chi connectivity index (χ3n) is 4.54. The molecule has 9 nitrogen and oxygen atoms in total. The van der Waals surface area contributed by atoms with Crippen molar-refractivity contribution in [2.45, 2.75) is 64.7 Å². The Bertz CT molecular complexity index is 694. The molecule has 0 spiro atoms. The standard InChI is InChI=1S/C13H16N2O2.C8H14O5/c1-2-3-9-11-12(16)14-15(13(11)17)10-7-5-4-6-8-10;9-7(10)5-3-1-2-4-6-8(11)13-12/h4-8,11H,2-3,9H2,1H3,(H,14,16);12H,1-6H2,(H,9,10). The van der Waals surface area contributed by atoms with E-state index < -0.39 is 17.9 Å². The van der Waals surface area contributed by atoms with Gasteiger partial charge >= 0.3 is 11.9 Å². The van der Waals surface area contributed by atoms with Crippen LogP contribution in [0.15, 0.2) is 30.3 Å². The van der Waals surface area contributed by atoms with Crippen LogP contribution in [0.2, 0.25) is 0 Å². The van der Waals surface area contributed by atoms with Crippen LogP contribution < -0.4 is 10.4 Å². The minimum atomic E-state index is -0.797. The lowest BCUT2D eigenvalue weighted by Crippen LogP contribution is -2.35. The first-order valence-electron chi connectivity index (χ1n) is 10.2. The first-order valence-corrected chi connectivity index (χ1v) is 10.2. The van der Waals surface area contributed by atoms with Crippen molar-refractivity contribution >= 4 is 29.4 Å². The summed E-state index contributed by atoms with van der Waals surface area (Å²) >= 11 is 0. The number of anilines is 1. The van der Waals surface area contributed by atoms with Gasteiger partial charge in [0.25, 0.3) is 11.8 Å². The van der Waals surface area contributed by atoms with Gasteiger partial charge in [-0.25, -0.2) is 9.80 Å². The van der Waals surface area contributed by atoms with Crippen molar-refractivity contribution in [2.75, 3.05) is 5.01 Å². The van der Waals surface area contributed by atoms with Gasteiger partial charge in [-0.1, -0.05) is 50.8 Å². The van der Waals surface area contributed by atoms with Crippen LogP contribution in [0.4, 0.5) is 5.69 Å². The highest BCUT2D eigenvalue weighted by atomic mass is 17.1. The summed E-state index contributed by atoms with van der Waals surface area (Å²) in [4.78, 5) is 47.7. The Kier molecular flexibility index (Phi) is 11.8. The van der Waals surface area contributed by atoms with Gasteiger partial charge in [0.05, 0.1) is 5.69 Å². The van der Waals surface area contributed by atoms with E-state index in [9.17, 15) is 19.2 Å². The molecule has 3 N–H and O–H groups in total. The fraction of sp³-hybridized carbons (Fsp3) is 0.524. The van der Waals surface area contributed by atoms with E-state index >= 15 is 0 Å². The fourth-order valence-electron chi connectivity index (χ4n) is 2.89. The summed E-state index contributed by atoms with van der Waals surface area (Å²) in [6.07, 6.45) is 5.68. The highest BCUT2D eigenvalue weighted by Crippen LogP contribution is 2.22. The highest BCUT2D eigenvalue weighted by molar-refractivity contribution is 6.14. The van der Waals surface area contributed by atoms with Crippen LogP contribution in [0.5, 0.6) is 0 Å². The molecule has 30 heavy (non-hydrogen) atoms. The van der Waals surface area contributed by atoms with Gasteiger partial charge in [-0.2, -0.15) is 5.26 Å². The van der Waals surface area contributed by atoms with Gasteiger partial charge in [0.2, 0.25) is 0 Å². The molecule has 2 rings (SSSR count). The monoisotopic (exact) mass is 422 g/mol. The van der Waals surface area contributed by atoms with E-state index in [1.807, 2.05) is 25.1 Å². The van der Waals surface area contributed by atoms with Crippen LogP contribution in [-0.2, 0) is 24.1 Å². The second kappa shape index (κ2) is 14.1. The number of nitrogens with one attached hydrogen (secondary N) is 1. The number of carboxylic acids is 1. The van der Waals surface area contributed by atoms with E-state index in [0.717, 1.165) is 25.7 Å². The zero-order valence-corrected chi connectivity index (χ0v) is 17.2. The number of benzene rings is 1. The molecular weight excluding hydrogens is 392 g/mol. The number of carbonyl (C=O) groups excluding carboxylic acids is 3. The van der Waals surface area contributed by atoms with Gasteiger partial charge < -0.3 is 9.99 Å². The minimum Gasteiger partial charge on any atom is -0.481 e. The molecule has 1 saturated heterocycles. The molecule has 1 heterocycles. The summed E-state index contributed by atoms with van der Waals surface area (Å²) in [6.45, 7) is 2.05. The average Bonchev–Trinajstić information content (AvgIpc) is 3.03. The average molecular weight is 422 g/mol. The first kappa shape index (κ1) is 25.1. The lowest BCUT2D eigenvalue weighted by molar-refractivity contribution is -0.234. The summed E-state index contributed by atoms with van der Waals surface area (Å²) in [5, 5.41) is 17.5. The second-order valence-corrected chi connectivity index (χ2v) is 6.95. The van der Waals surface area contributed by atoms with Crippen LogP contribution in [0, 0.1) is 5.92 Å². The fourth-order valence-corrected chi connectivity index (χ4v) is 2.89. The van der Waals surface area contributed by atoms with Crippen molar-refractivity contribution in [2.24, 2.45) is 5.92 Å². The number of carbonyl (C=O) groups is 4. The smallest absolute Gasteiger partial charge is 0.342 e. The zero-order valence-electron chi connectivity index (χ0n) is 17.2. The van der Waals surface area contributed by atoms with E-state index in [4.69, 9.17) is 10.4 Å². The summed E-state index contributed by atoms with van der Waals surface area (Å²) in [7, 11) is 0. The van der Waals surface area contributed by atoms with Gasteiger partial charge in [-0.05, 0) is 31.4 Å². The molecule has 0 aliphatic carbocycles. The number of amides is 2. The van der Waals surface area contributed by atoms with Crippen molar-refractivity contribution in [3.05, 3.63) is 30.3 Å². The highest BCUT2D eigenvalue weighted by Gasteiger charge is 2.39. The molecule has 166 valence electrons. The lowest BCUT2D eigenvalue weighted by Gasteiger charge is -2.14. The topological polar surface area (TPSA) is 133 Å². The van der Waals surface area contributed by atoms with Crippen molar-refractivity contribution in [1.82, 2.24) is 5.43 Å².